The van der Waals surface area contributed by atoms with Crippen molar-refractivity contribution < 1.29 is 27.5 Å². The first kappa shape index (κ1) is 14.8. The maximum atomic E-state index is 12.0. The first-order chi connectivity index (χ1) is 9.88. The molecular weight excluding hydrogens is 285 g/mol. The fourth-order valence-corrected chi connectivity index (χ4v) is 1.63. The standard InChI is InChI=1S/C15H9F3O3/c16-15(17,18)14(20)21-13(19)12-8-6-11(7-9-12)10-4-2-1-3-5-10/h1-9H. The van der Waals surface area contributed by atoms with Gasteiger partial charge in [-0.25, -0.2) is 9.59 Å². The Balaban J connectivity index is 2.13. The van der Waals surface area contributed by atoms with Gasteiger partial charge in [-0.15, -0.1) is 0 Å². The van der Waals surface area contributed by atoms with Gasteiger partial charge in [0.05, 0.1) is 5.56 Å². The van der Waals surface area contributed by atoms with E-state index in [1.807, 2.05) is 30.3 Å². The summed E-state index contributed by atoms with van der Waals surface area (Å²) in [6, 6.07) is 14.9. The van der Waals surface area contributed by atoms with Crippen molar-refractivity contribution in [2.75, 3.05) is 0 Å². The summed E-state index contributed by atoms with van der Waals surface area (Å²) in [6.07, 6.45) is -5.19. The first-order valence-corrected chi connectivity index (χ1v) is 5.87. The lowest BCUT2D eigenvalue weighted by Crippen LogP contribution is -2.28. The zero-order chi connectivity index (χ0) is 15.5. The van der Waals surface area contributed by atoms with Gasteiger partial charge in [0, 0.05) is 0 Å². The second kappa shape index (κ2) is 5.78. The summed E-state index contributed by atoms with van der Waals surface area (Å²) in [5.41, 5.74) is 1.55. The van der Waals surface area contributed by atoms with Crippen LogP contribution in [0.2, 0.25) is 0 Å². The van der Waals surface area contributed by atoms with Gasteiger partial charge in [-0.2, -0.15) is 13.2 Å². The number of benzene rings is 2. The highest BCUT2D eigenvalue weighted by atomic mass is 19.4. The fraction of sp³-hybridized carbons (Fsp3) is 0.0667. The Kier molecular flexibility index (Phi) is 4.07. The number of hydrogen-bond acceptors (Lipinski definition) is 3. The number of carbonyl (C=O) groups is 2. The van der Waals surface area contributed by atoms with Crippen molar-refractivity contribution in [3.8, 4) is 11.1 Å². The number of carbonyl (C=O) groups excluding carboxylic acids is 2. The summed E-state index contributed by atoms with van der Waals surface area (Å²) in [5, 5.41) is 0. The molecule has 3 nitrogen and oxygen atoms in total. The van der Waals surface area contributed by atoms with Crippen molar-refractivity contribution in [1.29, 1.82) is 0 Å². The summed E-state index contributed by atoms with van der Waals surface area (Å²) in [6.45, 7) is 0. The molecule has 21 heavy (non-hydrogen) atoms. The molecule has 0 saturated heterocycles. The van der Waals surface area contributed by atoms with Crippen molar-refractivity contribution in [3.05, 3.63) is 60.2 Å². The number of alkyl halides is 3. The predicted octanol–water partition coefficient (Wildman–Crippen LogP) is 3.60. The summed E-state index contributed by atoms with van der Waals surface area (Å²) < 4.78 is 39.7. The largest absolute Gasteiger partial charge is 0.491 e. The summed E-state index contributed by atoms with van der Waals surface area (Å²) in [7, 11) is 0. The third-order valence-electron chi connectivity index (χ3n) is 2.64. The van der Waals surface area contributed by atoms with Gasteiger partial charge in [-0.1, -0.05) is 42.5 Å². The molecule has 0 aromatic heterocycles. The Morgan fingerprint density at radius 3 is 1.86 bits per heavy atom. The van der Waals surface area contributed by atoms with E-state index in [0.29, 0.717) is 0 Å². The third kappa shape index (κ3) is 3.68. The number of ether oxygens (including phenoxy) is 1. The topological polar surface area (TPSA) is 43.4 Å². The second-order valence-electron chi connectivity index (χ2n) is 4.12. The lowest BCUT2D eigenvalue weighted by molar-refractivity contribution is -0.193. The molecule has 0 aliphatic rings. The Bertz CT molecular complexity index is 646. The molecule has 2 aromatic rings. The fourth-order valence-electron chi connectivity index (χ4n) is 1.63. The van der Waals surface area contributed by atoms with Crippen molar-refractivity contribution >= 4 is 11.9 Å². The average Bonchev–Trinajstić information content (AvgIpc) is 2.47. The van der Waals surface area contributed by atoms with Crippen LogP contribution in [0.4, 0.5) is 13.2 Å². The minimum atomic E-state index is -5.19. The van der Waals surface area contributed by atoms with Gasteiger partial charge >= 0.3 is 18.1 Å². The van der Waals surface area contributed by atoms with E-state index in [1.54, 1.807) is 12.1 Å². The Hall–Kier alpha value is -2.63. The highest BCUT2D eigenvalue weighted by molar-refractivity contribution is 5.98. The van der Waals surface area contributed by atoms with Crippen molar-refractivity contribution in [3.63, 3.8) is 0 Å². The van der Waals surface area contributed by atoms with Gasteiger partial charge in [0.2, 0.25) is 0 Å². The van der Waals surface area contributed by atoms with E-state index in [-0.39, 0.29) is 5.56 Å². The average molecular weight is 294 g/mol. The lowest BCUT2D eigenvalue weighted by Gasteiger charge is -2.06. The van der Waals surface area contributed by atoms with Gasteiger partial charge in [-0.3, -0.25) is 0 Å². The van der Waals surface area contributed by atoms with E-state index < -0.39 is 18.1 Å². The Morgan fingerprint density at radius 1 is 0.810 bits per heavy atom. The number of esters is 2. The van der Waals surface area contributed by atoms with Crippen LogP contribution in [0.25, 0.3) is 11.1 Å². The molecule has 0 unspecified atom stereocenters. The molecule has 2 rings (SSSR count). The molecule has 0 radical (unpaired) electrons. The zero-order valence-corrected chi connectivity index (χ0v) is 10.6. The van der Waals surface area contributed by atoms with Crippen molar-refractivity contribution in [2.24, 2.45) is 0 Å². The lowest BCUT2D eigenvalue weighted by atomic mass is 10.0. The molecule has 0 N–H and O–H groups in total. The smallest absolute Gasteiger partial charge is 0.383 e. The van der Waals surface area contributed by atoms with E-state index >= 15 is 0 Å². The third-order valence-corrected chi connectivity index (χ3v) is 2.64. The first-order valence-electron chi connectivity index (χ1n) is 5.87. The minimum Gasteiger partial charge on any atom is -0.383 e. The quantitative estimate of drug-likeness (QED) is 0.628. The van der Waals surface area contributed by atoms with E-state index in [1.165, 1.54) is 12.1 Å². The highest BCUT2D eigenvalue weighted by Gasteiger charge is 2.42. The molecule has 0 fully saturated rings. The molecule has 0 heterocycles. The molecule has 2 aromatic carbocycles. The van der Waals surface area contributed by atoms with E-state index in [2.05, 4.69) is 4.74 Å². The molecule has 0 spiro atoms. The van der Waals surface area contributed by atoms with Gasteiger partial charge in [0.15, 0.2) is 0 Å². The predicted molar refractivity (Wildman–Crippen MR) is 68.4 cm³/mol. The molecule has 108 valence electrons. The van der Waals surface area contributed by atoms with Gasteiger partial charge < -0.3 is 4.74 Å². The summed E-state index contributed by atoms with van der Waals surface area (Å²) in [5.74, 6) is -3.86. The monoisotopic (exact) mass is 294 g/mol. The number of hydrogen-bond donors (Lipinski definition) is 0. The Labute approximate surface area is 118 Å². The van der Waals surface area contributed by atoms with Crippen LogP contribution in [-0.4, -0.2) is 18.1 Å². The van der Waals surface area contributed by atoms with Gasteiger partial charge in [0.25, 0.3) is 0 Å². The Morgan fingerprint density at radius 2 is 1.33 bits per heavy atom. The van der Waals surface area contributed by atoms with E-state index in [9.17, 15) is 22.8 Å². The van der Waals surface area contributed by atoms with Crippen molar-refractivity contribution in [1.82, 2.24) is 0 Å². The molecule has 0 saturated carbocycles. The SMILES string of the molecule is O=C(OC(=O)C(F)(F)F)c1ccc(-c2ccccc2)cc1. The molecule has 0 atom stereocenters. The summed E-state index contributed by atoms with van der Waals surface area (Å²) >= 11 is 0. The van der Waals surface area contributed by atoms with Gasteiger partial charge in [-0.05, 0) is 23.3 Å². The molecule has 0 aliphatic carbocycles. The molecule has 6 heteroatoms. The number of rotatable bonds is 2. The normalized spacial score (nSPS) is 11.0. The van der Waals surface area contributed by atoms with Crippen LogP contribution in [0.3, 0.4) is 0 Å². The number of halogens is 3. The van der Waals surface area contributed by atoms with Crippen LogP contribution >= 0.6 is 0 Å². The zero-order valence-electron chi connectivity index (χ0n) is 10.6. The maximum absolute atomic E-state index is 12.0. The van der Waals surface area contributed by atoms with Crippen LogP contribution in [0.1, 0.15) is 10.4 Å². The molecular formula is C15H9F3O3. The molecule has 0 aliphatic heterocycles. The second-order valence-corrected chi connectivity index (χ2v) is 4.12. The minimum absolute atomic E-state index is 0.132. The maximum Gasteiger partial charge on any atom is 0.491 e. The van der Waals surface area contributed by atoms with Crippen LogP contribution in [-0.2, 0) is 9.53 Å². The molecule has 0 amide bonds. The molecule has 0 bridgehead atoms. The van der Waals surface area contributed by atoms with Crippen molar-refractivity contribution in [2.45, 2.75) is 6.18 Å². The van der Waals surface area contributed by atoms with Crippen LogP contribution < -0.4 is 0 Å². The van der Waals surface area contributed by atoms with E-state index in [0.717, 1.165) is 11.1 Å². The van der Waals surface area contributed by atoms with Crippen LogP contribution in [0.5, 0.6) is 0 Å². The van der Waals surface area contributed by atoms with Crippen LogP contribution in [0, 0.1) is 0 Å². The highest BCUT2D eigenvalue weighted by Crippen LogP contribution is 2.21. The van der Waals surface area contributed by atoms with E-state index in [4.69, 9.17) is 0 Å². The summed E-state index contributed by atoms with van der Waals surface area (Å²) in [4.78, 5) is 22.0. The van der Waals surface area contributed by atoms with Crippen LogP contribution in [0.15, 0.2) is 54.6 Å². The van der Waals surface area contributed by atoms with Gasteiger partial charge in [0.1, 0.15) is 0 Å².